The molecule has 1 N–H and O–H groups in total. The van der Waals surface area contributed by atoms with Crippen molar-refractivity contribution in [2.75, 3.05) is 33.3 Å². The minimum absolute atomic E-state index is 0. The Morgan fingerprint density at radius 3 is 2.48 bits per heavy atom. The number of hydrogen-bond acceptors (Lipinski definition) is 4. The number of rotatable bonds is 5. The molecule has 1 aliphatic rings. The molecule has 1 saturated heterocycles. The summed E-state index contributed by atoms with van der Waals surface area (Å²) in [4.78, 5) is 2.20. The van der Waals surface area contributed by atoms with Crippen molar-refractivity contribution < 1.29 is 22.6 Å². The van der Waals surface area contributed by atoms with Gasteiger partial charge in [-0.3, -0.25) is 4.90 Å². The molecule has 0 saturated carbocycles. The zero-order valence-electron chi connectivity index (χ0n) is 12.7. The fourth-order valence-corrected chi connectivity index (χ4v) is 2.57. The molecule has 0 aliphatic carbocycles. The molecule has 1 heterocycles. The lowest BCUT2D eigenvalue weighted by Crippen LogP contribution is -2.44. The van der Waals surface area contributed by atoms with Crippen LogP contribution in [0, 0.1) is 0 Å². The number of hydrogen-bond donors (Lipinski definition) is 1. The maximum Gasteiger partial charge on any atom is 0.573 e. The van der Waals surface area contributed by atoms with Gasteiger partial charge in [-0.15, -0.1) is 32.2 Å². The Morgan fingerprint density at radius 2 is 1.96 bits per heavy atom. The van der Waals surface area contributed by atoms with Crippen LogP contribution in [0.25, 0.3) is 0 Å². The van der Waals surface area contributed by atoms with Crippen LogP contribution in [0.2, 0.25) is 0 Å². The second-order valence-corrected chi connectivity index (χ2v) is 4.92. The number of methoxy groups -OCH3 is 1. The van der Waals surface area contributed by atoms with Crippen LogP contribution in [-0.4, -0.2) is 44.6 Å². The second-order valence-electron chi connectivity index (χ2n) is 4.92. The monoisotopic (exact) mass is 352 g/mol. The predicted octanol–water partition coefficient (Wildman–Crippen LogP) is 3.15. The number of halogens is 4. The van der Waals surface area contributed by atoms with E-state index in [0.29, 0.717) is 5.75 Å². The number of benzene rings is 1. The molecule has 0 aromatic heterocycles. The molecule has 0 amide bonds. The molecular weight excluding hydrogens is 333 g/mol. The summed E-state index contributed by atoms with van der Waals surface area (Å²) in [5, 5.41) is 3.26. The first-order valence-corrected chi connectivity index (χ1v) is 6.95. The average Bonchev–Trinajstić information content (AvgIpc) is 2.48. The highest BCUT2D eigenvalue weighted by Gasteiger charge is 2.32. The molecule has 1 atom stereocenters. The van der Waals surface area contributed by atoms with Gasteiger partial charge in [0.05, 0.1) is 13.2 Å². The van der Waals surface area contributed by atoms with Crippen molar-refractivity contribution in [2.45, 2.75) is 12.4 Å². The molecule has 0 radical (unpaired) electrons. The van der Waals surface area contributed by atoms with E-state index in [1.54, 1.807) is 12.1 Å². The molecular formula is C15H20ClF3N2O2. The number of nitrogens with one attached hydrogen (secondary N) is 1. The lowest BCUT2D eigenvalue weighted by Gasteiger charge is -2.34. The van der Waals surface area contributed by atoms with Crippen LogP contribution >= 0.6 is 12.4 Å². The predicted molar refractivity (Wildman–Crippen MR) is 84.3 cm³/mol. The van der Waals surface area contributed by atoms with E-state index in [-0.39, 0.29) is 24.2 Å². The summed E-state index contributed by atoms with van der Waals surface area (Å²) < 4.78 is 46.1. The van der Waals surface area contributed by atoms with Gasteiger partial charge in [-0.2, -0.15) is 0 Å². The van der Waals surface area contributed by atoms with E-state index < -0.39 is 6.36 Å². The topological polar surface area (TPSA) is 33.7 Å². The summed E-state index contributed by atoms with van der Waals surface area (Å²) in [5.74, 6) is 0.0569. The molecule has 2 rings (SSSR count). The third-order valence-corrected chi connectivity index (χ3v) is 3.53. The summed E-state index contributed by atoms with van der Waals surface area (Å²) in [6.45, 7) is 7.23. The van der Waals surface area contributed by atoms with Crippen LogP contribution < -0.4 is 14.8 Å². The van der Waals surface area contributed by atoms with Gasteiger partial charge in [0.25, 0.3) is 0 Å². The lowest BCUT2D eigenvalue weighted by atomic mass is 10.0. The first-order chi connectivity index (χ1) is 10.4. The highest BCUT2D eigenvalue weighted by molar-refractivity contribution is 5.85. The Hall–Kier alpha value is -1.44. The van der Waals surface area contributed by atoms with E-state index in [0.717, 1.165) is 31.7 Å². The highest BCUT2D eigenvalue weighted by Crippen LogP contribution is 2.35. The van der Waals surface area contributed by atoms with Crippen LogP contribution in [-0.2, 0) is 0 Å². The normalized spacial score (nSPS) is 17.0. The van der Waals surface area contributed by atoms with Gasteiger partial charge in [0.2, 0.25) is 0 Å². The van der Waals surface area contributed by atoms with Crippen molar-refractivity contribution in [3.05, 3.63) is 36.4 Å². The Balaban J connectivity index is 0.00000264. The molecule has 0 bridgehead atoms. The van der Waals surface area contributed by atoms with E-state index in [4.69, 9.17) is 4.74 Å². The molecule has 4 nitrogen and oxygen atoms in total. The summed E-state index contributed by atoms with van der Waals surface area (Å²) in [6, 6.07) is 4.02. The third kappa shape index (κ3) is 5.30. The number of ether oxygens (including phenoxy) is 2. The maximum absolute atomic E-state index is 12.3. The van der Waals surface area contributed by atoms with Crippen molar-refractivity contribution >= 4 is 12.4 Å². The zero-order chi connectivity index (χ0) is 16.2. The van der Waals surface area contributed by atoms with Gasteiger partial charge in [-0.25, -0.2) is 0 Å². The van der Waals surface area contributed by atoms with E-state index in [2.05, 4.69) is 21.5 Å². The number of alkyl halides is 3. The Morgan fingerprint density at radius 1 is 1.30 bits per heavy atom. The standard InChI is InChI=1S/C15H19F3N2O2.ClH/c1-3-13(20-8-6-19-7-9-20)12-5-4-11(10-14(12)21-2)22-15(16,17)18;/h3-5,10,13,19H,1,6-9H2,2H3;1H/t13-;/m1./s1. The maximum atomic E-state index is 12.3. The van der Waals surface area contributed by atoms with Crippen molar-refractivity contribution in [1.82, 2.24) is 10.2 Å². The van der Waals surface area contributed by atoms with Crippen molar-refractivity contribution in [3.63, 3.8) is 0 Å². The van der Waals surface area contributed by atoms with Gasteiger partial charge in [-0.1, -0.05) is 6.08 Å². The first-order valence-electron chi connectivity index (χ1n) is 6.95. The van der Waals surface area contributed by atoms with Crippen molar-refractivity contribution in [3.8, 4) is 11.5 Å². The lowest BCUT2D eigenvalue weighted by molar-refractivity contribution is -0.274. The molecule has 1 aromatic carbocycles. The Labute approximate surface area is 139 Å². The fraction of sp³-hybridized carbons (Fsp3) is 0.467. The van der Waals surface area contributed by atoms with Crippen LogP contribution in [0.4, 0.5) is 13.2 Å². The Kier molecular flexibility index (Phi) is 7.18. The van der Waals surface area contributed by atoms with Crippen LogP contribution in [0.5, 0.6) is 11.5 Å². The van der Waals surface area contributed by atoms with Gasteiger partial charge in [0, 0.05) is 37.8 Å². The quantitative estimate of drug-likeness (QED) is 0.825. The van der Waals surface area contributed by atoms with E-state index in [1.165, 1.54) is 19.2 Å². The second kappa shape index (κ2) is 8.42. The average molecular weight is 353 g/mol. The summed E-state index contributed by atoms with van der Waals surface area (Å²) in [6.07, 6.45) is -2.95. The minimum atomic E-state index is -4.72. The zero-order valence-corrected chi connectivity index (χ0v) is 13.5. The smallest absolute Gasteiger partial charge is 0.496 e. The molecule has 1 fully saturated rings. The minimum Gasteiger partial charge on any atom is -0.496 e. The van der Waals surface area contributed by atoms with Gasteiger partial charge in [0.15, 0.2) is 0 Å². The van der Waals surface area contributed by atoms with Gasteiger partial charge in [-0.05, 0) is 12.1 Å². The molecule has 8 heteroatoms. The molecule has 0 unspecified atom stereocenters. The van der Waals surface area contributed by atoms with E-state index >= 15 is 0 Å². The fourth-order valence-electron chi connectivity index (χ4n) is 2.57. The van der Waals surface area contributed by atoms with E-state index in [1.807, 2.05) is 0 Å². The summed E-state index contributed by atoms with van der Waals surface area (Å²) in [7, 11) is 1.42. The SMILES string of the molecule is C=C[C@H](c1ccc(OC(F)(F)F)cc1OC)N1CCNCC1.Cl. The molecule has 1 aliphatic heterocycles. The highest BCUT2D eigenvalue weighted by atomic mass is 35.5. The van der Waals surface area contributed by atoms with Crippen molar-refractivity contribution in [2.24, 2.45) is 0 Å². The van der Waals surface area contributed by atoms with Crippen molar-refractivity contribution in [1.29, 1.82) is 0 Å². The summed E-state index contributed by atoms with van der Waals surface area (Å²) in [5.41, 5.74) is 0.772. The molecule has 23 heavy (non-hydrogen) atoms. The number of piperazine rings is 1. The van der Waals surface area contributed by atoms with Crippen LogP contribution in [0.1, 0.15) is 11.6 Å². The molecule has 130 valence electrons. The van der Waals surface area contributed by atoms with Gasteiger partial charge < -0.3 is 14.8 Å². The number of nitrogens with zero attached hydrogens (tertiary/aromatic N) is 1. The largest absolute Gasteiger partial charge is 0.573 e. The van der Waals surface area contributed by atoms with Gasteiger partial charge in [0.1, 0.15) is 11.5 Å². The summed E-state index contributed by atoms with van der Waals surface area (Å²) >= 11 is 0. The molecule has 1 aromatic rings. The third-order valence-electron chi connectivity index (χ3n) is 3.53. The molecule has 0 spiro atoms. The first kappa shape index (κ1) is 19.6. The van der Waals surface area contributed by atoms with Crippen LogP contribution in [0.3, 0.4) is 0 Å². The van der Waals surface area contributed by atoms with E-state index in [9.17, 15) is 13.2 Å². The van der Waals surface area contributed by atoms with Crippen LogP contribution in [0.15, 0.2) is 30.9 Å². The Bertz CT molecular complexity index is 520. The van der Waals surface area contributed by atoms with Gasteiger partial charge >= 0.3 is 6.36 Å².